The second-order valence-electron chi connectivity index (χ2n) is 4.48. The summed E-state index contributed by atoms with van der Waals surface area (Å²) in [5.41, 5.74) is 2.22. The second kappa shape index (κ2) is 6.50. The summed E-state index contributed by atoms with van der Waals surface area (Å²) in [4.78, 5) is 9.09. The number of thioether (sulfide) groups is 1. The van der Waals surface area contributed by atoms with Crippen LogP contribution in [-0.2, 0) is 4.74 Å². The molecule has 18 heavy (non-hydrogen) atoms. The van der Waals surface area contributed by atoms with Crippen molar-refractivity contribution < 1.29 is 4.74 Å². The monoisotopic (exact) mass is 267 g/mol. The van der Waals surface area contributed by atoms with Crippen LogP contribution in [0.5, 0.6) is 0 Å². The highest BCUT2D eigenvalue weighted by molar-refractivity contribution is 7.99. The van der Waals surface area contributed by atoms with Crippen molar-refractivity contribution in [1.29, 1.82) is 0 Å². The Labute approximate surface area is 113 Å². The van der Waals surface area contributed by atoms with Crippen molar-refractivity contribution in [3.8, 4) is 0 Å². The summed E-state index contributed by atoms with van der Waals surface area (Å²) >= 11 is 1.90. The summed E-state index contributed by atoms with van der Waals surface area (Å²) in [6.45, 7) is 8.04. The lowest BCUT2D eigenvalue weighted by Gasteiger charge is -2.22. The van der Waals surface area contributed by atoms with E-state index in [9.17, 15) is 0 Å². The molecule has 0 radical (unpaired) electrons. The van der Waals surface area contributed by atoms with Crippen LogP contribution < -0.4 is 5.32 Å². The molecule has 2 unspecified atom stereocenters. The average molecular weight is 267 g/mol. The fraction of sp³-hybridized carbons (Fsp3) is 0.692. The maximum Gasteiger partial charge on any atom is 0.158 e. The lowest BCUT2D eigenvalue weighted by atomic mass is 10.1. The minimum atomic E-state index is 0.0611. The Balaban J connectivity index is 2.13. The molecule has 100 valence electrons. The molecule has 1 N–H and O–H groups in total. The molecule has 1 aliphatic heterocycles. The van der Waals surface area contributed by atoms with Crippen molar-refractivity contribution >= 4 is 11.8 Å². The first-order valence-electron chi connectivity index (χ1n) is 6.48. The van der Waals surface area contributed by atoms with Crippen LogP contribution >= 0.6 is 11.8 Å². The Morgan fingerprint density at radius 3 is 3.06 bits per heavy atom. The highest BCUT2D eigenvalue weighted by Gasteiger charge is 2.20. The van der Waals surface area contributed by atoms with Crippen LogP contribution in [-0.4, -0.2) is 34.6 Å². The van der Waals surface area contributed by atoms with Gasteiger partial charge in [0.15, 0.2) is 5.82 Å². The summed E-state index contributed by atoms with van der Waals surface area (Å²) in [7, 11) is 0. The van der Waals surface area contributed by atoms with E-state index in [-0.39, 0.29) is 6.10 Å². The lowest BCUT2D eigenvalue weighted by Crippen LogP contribution is -2.22. The Morgan fingerprint density at radius 2 is 2.44 bits per heavy atom. The summed E-state index contributed by atoms with van der Waals surface area (Å²) in [5, 5.41) is 3.39. The molecular weight excluding hydrogens is 246 g/mol. The number of aryl methyl sites for hydroxylation is 1. The van der Waals surface area contributed by atoms with E-state index in [1.165, 1.54) is 5.56 Å². The van der Waals surface area contributed by atoms with Crippen LogP contribution in [0.4, 0.5) is 0 Å². The largest absolute Gasteiger partial charge is 0.368 e. The topological polar surface area (TPSA) is 47.0 Å². The minimum Gasteiger partial charge on any atom is -0.368 e. The van der Waals surface area contributed by atoms with Gasteiger partial charge in [-0.15, -0.1) is 0 Å². The number of hydrogen-bond acceptors (Lipinski definition) is 5. The van der Waals surface area contributed by atoms with Crippen molar-refractivity contribution in [2.75, 3.05) is 24.7 Å². The molecule has 1 fully saturated rings. The number of nitrogens with zero attached hydrogens (tertiary/aromatic N) is 2. The Kier molecular flexibility index (Phi) is 4.97. The number of nitrogens with one attached hydrogen (secondary N) is 1. The molecule has 0 saturated carbocycles. The molecule has 2 atom stereocenters. The molecular formula is C13H21N3OS. The first kappa shape index (κ1) is 13.8. The van der Waals surface area contributed by atoms with Gasteiger partial charge in [0.25, 0.3) is 0 Å². The van der Waals surface area contributed by atoms with E-state index in [0.29, 0.717) is 6.04 Å². The van der Waals surface area contributed by atoms with Crippen molar-refractivity contribution in [3.05, 3.63) is 23.3 Å². The Bertz CT molecular complexity index is 394. The molecule has 1 saturated heterocycles. The molecule has 2 heterocycles. The third kappa shape index (κ3) is 3.22. The predicted octanol–water partition coefficient (Wildman–Crippen LogP) is 2.26. The Hall–Kier alpha value is -0.650. The van der Waals surface area contributed by atoms with Gasteiger partial charge in [0.05, 0.1) is 6.61 Å². The zero-order valence-electron chi connectivity index (χ0n) is 11.3. The predicted molar refractivity (Wildman–Crippen MR) is 74.9 cm³/mol. The average Bonchev–Trinajstić information content (AvgIpc) is 2.40. The molecule has 0 amide bonds. The lowest BCUT2D eigenvalue weighted by molar-refractivity contribution is 0.0692. The number of aromatic nitrogens is 2. The van der Waals surface area contributed by atoms with Gasteiger partial charge in [-0.1, -0.05) is 6.92 Å². The quantitative estimate of drug-likeness (QED) is 0.906. The van der Waals surface area contributed by atoms with Crippen LogP contribution in [0, 0.1) is 6.92 Å². The van der Waals surface area contributed by atoms with Crippen LogP contribution in [0.25, 0.3) is 0 Å². The van der Waals surface area contributed by atoms with E-state index in [0.717, 1.165) is 36.2 Å². The molecule has 1 aromatic rings. The summed E-state index contributed by atoms with van der Waals surface area (Å²) in [5.74, 6) is 2.86. The van der Waals surface area contributed by atoms with E-state index in [2.05, 4.69) is 29.1 Å². The standard InChI is InChI=1S/C13H21N3OS/c1-4-14-9(2)11-7-15-13(16-10(11)3)12-8-18-6-5-17-12/h7,9,12,14H,4-6,8H2,1-3H3. The van der Waals surface area contributed by atoms with Gasteiger partial charge in [0, 0.05) is 35.0 Å². The van der Waals surface area contributed by atoms with E-state index >= 15 is 0 Å². The third-order valence-corrected chi connectivity index (χ3v) is 4.11. The van der Waals surface area contributed by atoms with Gasteiger partial charge in [-0.25, -0.2) is 9.97 Å². The smallest absolute Gasteiger partial charge is 0.158 e. The minimum absolute atomic E-state index is 0.0611. The maximum atomic E-state index is 5.71. The molecule has 5 heteroatoms. The number of rotatable bonds is 4. The van der Waals surface area contributed by atoms with E-state index in [1.807, 2.05) is 24.9 Å². The van der Waals surface area contributed by atoms with Gasteiger partial charge in [0.2, 0.25) is 0 Å². The fourth-order valence-electron chi connectivity index (χ4n) is 2.13. The van der Waals surface area contributed by atoms with Crippen LogP contribution in [0.15, 0.2) is 6.20 Å². The molecule has 1 aliphatic rings. The number of hydrogen-bond donors (Lipinski definition) is 1. The summed E-state index contributed by atoms with van der Waals surface area (Å²) in [6.07, 6.45) is 2.00. The molecule has 1 aromatic heterocycles. The zero-order chi connectivity index (χ0) is 13.0. The first-order chi connectivity index (χ1) is 8.72. The van der Waals surface area contributed by atoms with E-state index < -0.39 is 0 Å². The molecule has 2 rings (SSSR count). The summed E-state index contributed by atoms with van der Waals surface area (Å²) < 4.78 is 5.71. The fourth-order valence-corrected chi connectivity index (χ4v) is 2.97. The van der Waals surface area contributed by atoms with E-state index in [4.69, 9.17) is 4.74 Å². The van der Waals surface area contributed by atoms with Crippen LogP contribution in [0.3, 0.4) is 0 Å². The second-order valence-corrected chi connectivity index (χ2v) is 5.63. The van der Waals surface area contributed by atoms with Gasteiger partial charge in [-0.2, -0.15) is 11.8 Å². The van der Waals surface area contributed by atoms with Gasteiger partial charge in [0.1, 0.15) is 6.10 Å². The molecule has 0 aromatic carbocycles. The Morgan fingerprint density at radius 1 is 1.61 bits per heavy atom. The van der Waals surface area contributed by atoms with Crippen molar-refractivity contribution in [2.45, 2.75) is 32.9 Å². The van der Waals surface area contributed by atoms with Gasteiger partial charge < -0.3 is 10.1 Å². The van der Waals surface area contributed by atoms with Gasteiger partial charge in [-0.3, -0.25) is 0 Å². The molecule has 0 spiro atoms. The number of ether oxygens (including phenoxy) is 1. The van der Waals surface area contributed by atoms with Crippen molar-refractivity contribution in [1.82, 2.24) is 15.3 Å². The zero-order valence-corrected chi connectivity index (χ0v) is 12.1. The molecule has 0 bridgehead atoms. The van der Waals surface area contributed by atoms with Crippen LogP contribution in [0.2, 0.25) is 0 Å². The molecule has 4 nitrogen and oxygen atoms in total. The van der Waals surface area contributed by atoms with E-state index in [1.54, 1.807) is 0 Å². The highest BCUT2D eigenvalue weighted by Crippen LogP contribution is 2.25. The van der Waals surface area contributed by atoms with Crippen molar-refractivity contribution in [3.63, 3.8) is 0 Å². The maximum absolute atomic E-state index is 5.71. The first-order valence-corrected chi connectivity index (χ1v) is 7.64. The van der Waals surface area contributed by atoms with Gasteiger partial charge in [-0.05, 0) is 20.4 Å². The highest BCUT2D eigenvalue weighted by atomic mass is 32.2. The van der Waals surface area contributed by atoms with Crippen molar-refractivity contribution in [2.24, 2.45) is 0 Å². The van der Waals surface area contributed by atoms with Gasteiger partial charge >= 0.3 is 0 Å². The molecule has 0 aliphatic carbocycles. The third-order valence-electron chi connectivity index (χ3n) is 3.12. The normalized spacial score (nSPS) is 21.8. The van der Waals surface area contributed by atoms with Crippen LogP contribution in [0.1, 0.15) is 43.1 Å². The summed E-state index contributed by atoms with van der Waals surface area (Å²) in [6, 6.07) is 0.297. The SMILES string of the molecule is CCNC(C)c1cnc(C2CSCCO2)nc1C.